The summed E-state index contributed by atoms with van der Waals surface area (Å²) in [6.07, 6.45) is 9.46. The van der Waals surface area contributed by atoms with Gasteiger partial charge in [-0.25, -0.2) is 0 Å². The van der Waals surface area contributed by atoms with E-state index in [1.54, 1.807) is 0 Å². The molecular formula is C17H34N4. The Morgan fingerprint density at radius 3 is 2.52 bits per heavy atom. The van der Waals surface area contributed by atoms with Gasteiger partial charge in [-0.05, 0) is 71.8 Å². The summed E-state index contributed by atoms with van der Waals surface area (Å²) < 4.78 is 0. The second-order valence-electron chi connectivity index (χ2n) is 7.57. The fourth-order valence-electron chi connectivity index (χ4n) is 4.72. The van der Waals surface area contributed by atoms with Gasteiger partial charge >= 0.3 is 0 Å². The molecule has 2 unspecified atom stereocenters. The van der Waals surface area contributed by atoms with Crippen molar-refractivity contribution in [1.82, 2.24) is 14.7 Å². The molecule has 21 heavy (non-hydrogen) atoms. The second-order valence-corrected chi connectivity index (χ2v) is 7.57. The van der Waals surface area contributed by atoms with Crippen molar-refractivity contribution in [3.05, 3.63) is 0 Å². The van der Waals surface area contributed by atoms with Crippen LogP contribution in [0.1, 0.15) is 44.9 Å². The topological polar surface area (TPSA) is 35.7 Å². The number of nitrogens with zero attached hydrogens (tertiary/aromatic N) is 3. The highest BCUT2D eigenvalue weighted by Crippen LogP contribution is 2.32. The van der Waals surface area contributed by atoms with Crippen molar-refractivity contribution < 1.29 is 0 Å². The molecule has 3 aliphatic heterocycles. The molecule has 2 N–H and O–H groups in total. The largest absolute Gasteiger partial charge is 0.329 e. The number of piperidine rings is 1. The molecule has 0 aliphatic carbocycles. The van der Waals surface area contributed by atoms with Gasteiger partial charge in [-0.2, -0.15) is 0 Å². The van der Waals surface area contributed by atoms with E-state index in [4.69, 9.17) is 5.73 Å². The number of likely N-dealkylation sites (tertiary alicyclic amines) is 3. The summed E-state index contributed by atoms with van der Waals surface area (Å²) in [5.41, 5.74) is 6.57. The average Bonchev–Trinajstić information content (AvgIpc) is 2.94. The van der Waals surface area contributed by atoms with Crippen LogP contribution in [0.4, 0.5) is 0 Å². The summed E-state index contributed by atoms with van der Waals surface area (Å²) in [5, 5.41) is 0. The van der Waals surface area contributed by atoms with E-state index >= 15 is 0 Å². The zero-order chi connectivity index (χ0) is 14.7. The summed E-state index contributed by atoms with van der Waals surface area (Å²) >= 11 is 0. The number of nitrogens with two attached hydrogens (primary N) is 1. The van der Waals surface area contributed by atoms with Gasteiger partial charge < -0.3 is 10.6 Å². The second kappa shape index (κ2) is 6.95. The third kappa shape index (κ3) is 3.44. The van der Waals surface area contributed by atoms with Crippen LogP contribution in [0.15, 0.2) is 0 Å². The maximum absolute atomic E-state index is 6.28. The number of hydrogen-bond donors (Lipinski definition) is 1. The first-order chi connectivity index (χ1) is 10.2. The van der Waals surface area contributed by atoms with Crippen LogP contribution in [0.5, 0.6) is 0 Å². The van der Waals surface area contributed by atoms with Gasteiger partial charge in [0.2, 0.25) is 0 Å². The van der Waals surface area contributed by atoms with E-state index in [2.05, 4.69) is 21.7 Å². The molecule has 0 aromatic heterocycles. The predicted octanol–water partition coefficient (Wildman–Crippen LogP) is 1.36. The normalized spacial score (nSPS) is 37.7. The zero-order valence-electron chi connectivity index (χ0n) is 13.9. The Morgan fingerprint density at radius 1 is 0.952 bits per heavy atom. The average molecular weight is 294 g/mol. The first-order valence-electron chi connectivity index (χ1n) is 9.11. The Labute approximate surface area is 130 Å². The van der Waals surface area contributed by atoms with Crippen LogP contribution in [0.3, 0.4) is 0 Å². The molecule has 3 aliphatic rings. The lowest BCUT2D eigenvalue weighted by Gasteiger charge is -2.42. The molecule has 3 fully saturated rings. The molecule has 3 rings (SSSR count). The molecule has 122 valence electrons. The monoisotopic (exact) mass is 294 g/mol. The minimum Gasteiger partial charge on any atom is -0.329 e. The molecule has 3 saturated heterocycles. The van der Waals surface area contributed by atoms with Gasteiger partial charge in [0.1, 0.15) is 0 Å². The van der Waals surface area contributed by atoms with E-state index in [-0.39, 0.29) is 5.54 Å². The van der Waals surface area contributed by atoms with Crippen molar-refractivity contribution in [2.75, 3.05) is 52.9 Å². The van der Waals surface area contributed by atoms with Gasteiger partial charge in [-0.15, -0.1) is 0 Å². The number of hydrogen-bond acceptors (Lipinski definition) is 4. The van der Waals surface area contributed by atoms with Gasteiger partial charge in [0, 0.05) is 31.2 Å². The van der Waals surface area contributed by atoms with Crippen LogP contribution in [-0.4, -0.2) is 79.1 Å². The van der Waals surface area contributed by atoms with Crippen LogP contribution in [-0.2, 0) is 0 Å². The van der Waals surface area contributed by atoms with Crippen LogP contribution < -0.4 is 5.73 Å². The van der Waals surface area contributed by atoms with Crippen molar-refractivity contribution in [2.45, 2.75) is 56.5 Å². The molecule has 0 saturated carbocycles. The fraction of sp³-hybridized carbons (Fsp3) is 1.00. The van der Waals surface area contributed by atoms with Gasteiger partial charge in [-0.1, -0.05) is 6.42 Å². The lowest BCUT2D eigenvalue weighted by Crippen LogP contribution is -2.54. The van der Waals surface area contributed by atoms with E-state index in [1.807, 2.05) is 0 Å². The van der Waals surface area contributed by atoms with Crippen LogP contribution in [0.2, 0.25) is 0 Å². The maximum Gasteiger partial charge on any atom is 0.0345 e. The Bertz CT molecular complexity index is 329. The number of rotatable bonds is 3. The quantitative estimate of drug-likeness (QED) is 0.852. The van der Waals surface area contributed by atoms with Crippen molar-refractivity contribution in [3.8, 4) is 0 Å². The molecule has 4 nitrogen and oxygen atoms in total. The molecule has 0 bridgehead atoms. The lowest BCUT2D eigenvalue weighted by atomic mass is 9.88. The van der Waals surface area contributed by atoms with Crippen molar-refractivity contribution in [3.63, 3.8) is 0 Å². The summed E-state index contributed by atoms with van der Waals surface area (Å²) in [6, 6.07) is 0.801. The molecule has 2 atom stereocenters. The van der Waals surface area contributed by atoms with Crippen molar-refractivity contribution in [2.24, 2.45) is 5.73 Å². The molecule has 3 heterocycles. The van der Waals surface area contributed by atoms with E-state index in [1.165, 1.54) is 84.2 Å². The smallest absolute Gasteiger partial charge is 0.0345 e. The highest BCUT2D eigenvalue weighted by molar-refractivity contribution is 4.99. The van der Waals surface area contributed by atoms with Crippen molar-refractivity contribution >= 4 is 0 Å². The Morgan fingerprint density at radius 2 is 1.76 bits per heavy atom. The first-order valence-corrected chi connectivity index (χ1v) is 9.11. The van der Waals surface area contributed by atoms with E-state index in [9.17, 15) is 0 Å². The van der Waals surface area contributed by atoms with Crippen LogP contribution >= 0.6 is 0 Å². The Kier molecular flexibility index (Phi) is 5.20. The van der Waals surface area contributed by atoms with Gasteiger partial charge in [0.15, 0.2) is 0 Å². The molecule has 0 radical (unpaired) electrons. The molecule has 0 aromatic carbocycles. The van der Waals surface area contributed by atoms with Gasteiger partial charge in [0.05, 0.1) is 0 Å². The minimum atomic E-state index is 0.287. The molecule has 4 heteroatoms. The van der Waals surface area contributed by atoms with Crippen LogP contribution in [0, 0.1) is 0 Å². The van der Waals surface area contributed by atoms with Crippen LogP contribution in [0.25, 0.3) is 0 Å². The van der Waals surface area contributed by atoms with Gasteiger partial charge in [0.25, 0.3) is 0 Å². The summed E-state index contributed by atoms with van der Waals surface area (Å²) in [5.74, 6) is 0. The van der Waals surface area contributed by atoms with E-state index in [0.717, 1.165) is 12.6 Å². The van der Waals surface area contributed by atoms with Gasteiger partial charge in [-0.3, -0.25) is 9.80 Å². The lowest BCUT2D eigenvalue weighted by molar-refractivity contribution is 0.0878. The third-order valence-corrected chi connectivity index (χ3v) is 6.26. The minimum absolute atomic E-state index is 0.287. The summed E-state index contributed by atoms with van der Waals surface area (Å²) in [6.45, 7) is 8.48. The maximum atomic E-state index is 6.28. The molecule has 0 amide bonds. The first kappa shape index (κ1) is 15.7. The third-order valence-electron chi connectivity index (χ3n) is 6.26. The molecular weight excluding hydrogens is 260 g/mol. The van der Waals surface area contributed by atoms with E-state index < -0.39 is 0 Å². The fourth-order valence-corrected chi connectivity index (χ4v) is 4.72. The Balaban J connectivity index is 1.62. The summed E-state index contributed by atoms with van der Waals surface area (Å²) in [7, 11) is 2.26. The van der Waals surface area contributed by atoms with Crippen molar-refractivity contribution in [1.29, 1.82) is 0 Å². The SMILES string of the molecule is CN1CCCC(CN)(N2CCC(N3CCCCC3)C2)CC1. The Hall–Kier alpha value is -0.160. The highest BCUT2D eigenvalue weighted by Gasteiger charge is 2.41. The highest BCUT2D eigenvalue weighted by atomic mass is 15.3. The summed E-state index contributed by atoms with van der Waals surface area (Å²) in [4.78, 5) is 8.01. The molecule has 0 aromatic rings. The predicted molar refractivity (Wildman–Crippen MR) is 88.5 cm³/mol. The standard InChI is InChI=1S/C17H34N4/c1-19-9-5-7-17(15-18,8-13-19)21-12-6-16(14-21)20-10-3-2-4-11-20/h16H,2-15,18H2,1H3. The molecule has 0 spiro atoms. The zero-order valence-corrected chi connectivity index (χ0v) is 13.9. The van der Waals surface area contributed by atoms with E-state index in [0.29, 0.717) is 0 Å².